The topological polar surface area (TPSA) is 119 Å². The normalized spacial score (nSPS) is 10.9. The Kier molecular flexibility index (Phi) is 6.93. The van der Waals surface area contributed by atoms with Gasteiger partial charge in [-0.25, -0.2) is 19.3 Å². The number of carbonyl (C=O) groups excluding carboxylic acids is 2. The van der Waals surface area contributed by atoms with Gasteiger partial charge in [0.1, 0.15) is 11.4 Å². The summed E-state index contributed by atoms with van der Waals surface area (Å²) in [5, 5.41) is 12.2. The number of hydrogen-bond donors (Lipinski definition) is 3. The van der Waals surface area contributed by atoms with Gasteiger partial charge >= 0.3 is 12.1 Å². The number of nitrogens with one attached hydrogen (secondary N) is 3. The molecule has 0 fully saturated rings. The average molecular weight is 438 g/mol. The Balaban J connectivity index is 1.57. The molecule has 2 aromatic heterocycles. The van der Waals surface area contributed by atoms with Crippen LogP contribution in [0.3, 0.4) is 0 Å². The maximum absolute atomic E-state index is 12.3. The maximum atomic E-state index is 12.3. The molecule has 0 spiro atoms. The molecule has 1 aromatic carbocycles. The summed E-state index contributed by atoms with van der Waals surface area (Å²) in [6.45, 7) is 5.60. The Hall–Kier alpha value is -4.08. The van der Waals surface area contributed by atoms with Crippen molar-refractivity contribution >= 4 is 23.5 Å². The number of ether oxygens (including phenoxy) is 2. The number of rotatable bonds is 6. The van der Waals surface area contributed by atoms with Gasteiger partial charge in [0.05, 0.1) is 12.8 Å². The third kappa shape index (κ3) is 6.46. The highest BCUT2D eigenvalue weighted by atomic mass is 16.6. The molecule has 0 atom stereocenters. The van der Waals surface area contributed by atoms with Gasteiger partial charge < -0.3 is 20.1 Å². The second-order valence-corrected chi connectivity index (χ2v) is 7.82. The summed E-state index contributed by atoms with van der Waals surface area (Å²) in [4.78, 5) is 28.7. The molecule has 0 unspecified atom stereocenters. The quantitative estimate of drug-likeness (QED) is 0.536. The van der Waals surface area contributed by atoms with Crippen LogP contribution in [0.4, 0.5) is 21.0 Å². The van der Waals surface area contributed by atoms with Crippen molar-refractivity contribution in [2.75, 3.05) is 17.7 Å². The van der Waals surface area contributed by atoms with Crippen molar-refractivity contribution in [2.24, 2.45) is 0 Å². The molecule has 0 saturated heterocycles. The predicted molar refractivity (Wildman–Crippen MR) is 120 cm³/mol. The van der Waals surface area contributed by atoms with Crippen LogP contribution in [-0.4, -0.2) is 39.6 Å². The molecule has 0 aliphatic heterocycles. The van der Waals surface area contributed by atoms with E-state index in [1.54, 1.807) is 62.2 Å². The van der Waals surface area contributed by atoms with E-state index in [9.17, 15) is 9.59 Å². The molecular weight excluding hydrogens is 412 g/mol. The molecule has 0 bridgehead atoms. The number of amides is 3. The van der Waals surface area contributed by atoms with Crippen LogP contribution in [0.2, 0.25) is 0 Å². The first-order valence-corrected chi connectivity index (χ1v) is 9.91. The van der Waals surface area contributed by atoms with Crippen molar-refractivity contribution in [3.05, 3.63) is 60.6 Å². The van der Waals surface area contributed by atoms with Gasteiger partial charge in [-0.05, 0) is 56.7 Å². The molecular formula is C22H26N6O4. The smallest absolute Gasteiger partial charge is 0.412 e. The molecule has 0 saturated carbocycles. The zero-order chi connectivity index (χ0) is 23.1. The second-order valence-electron chi connectivity index (χ2n) is 7.82. The van der Waals surface area contributed by atoms with Gasteiger partial charge in [0.25, 0.3) is 0 Å². The van der Waals surface area contributed by atoms with Crippen molar-refractivity contribution in [2.45, 2.75) is 32.9 Å². The molecule has 0 aliphatic rings. The molecule has 168 valence electrons. The van der Waals surface area contributed by atoms with Crippen LogP contribution in [-0.2, 0) is 11.3 Å². The van der Waals surface area contributed by atoms with Gasteiger partial charge in [0.15, 0.2) is 5.82 Å². The van der Waals surface area contributed by atoms with Crippen LogP contribution in [0.1, 0.15) is 26.3 Å². The number of methoxy groups -OCH3 is 1. The van der Waals surface area contributed by atoms with E-state index in [4.69, 9.17) is 9.47 Å². The molecule has 10 heteroatoms. The Labute approximate surface area is 185 Å². The lowest BCUT2D eigenvalue weighted by Gasteiger charge is -2.20. The third-order valence-corrected chi connectivity index (χ3v) is 4.09. The van der Waals surface area contributed by atoms with Crippen LogP contribution >= 0.6 is 0 Å². The summed E-state index contributed by atoms with van der Waals surface area (Å²) in [6.07, 6.45) is 4.53. The molecule has 3 rings (SSSR count). The first kappa shape index (κ1) is 22.6. The van der Waals surface area contributed by atoms with Crippen molar-refractivity contribution in [3.8, 4) is 11.6 Å². The predicted octanol–water partition coefficient (Wildman–Crippen LogP) is 3.94. The van der Waals surface area contributed by atoms with E-state index in [-0.39, 0.29) is 6.54 Å². The number of aromatic nitrogens is 3. The minimum Gasteiger partial charge on any atom is -0.495 e. The van der Waals surface area contributed by atoms with Crippen LogP contribution < -0.4 is 20.7 Å². The molecule has 32 heavy (non-hydrogen) atoms. The van der Waals surface area contributed by atoms with Crippen molar-refractivity contribution < 1.29 is 19.1 Å². The lowest BCUT2D eigenvalue weighted by Crippen LogP contribution is -2.28. The fourth-order valence-electron chi connectivity index (χ4n) is 2.72. The van der Waals surface area contributed by atoms with E-state index < -0.39 is 17.7 Å². The Bertz CT molecular complexity index is 1060. The molecule has 0 radical (unpaired) electrons. The highest BCUT2D eigenvalue weighted by molar-refractivity contribution is 5.92. The molecule has 0 aliphatic carbocycles. The summed E-state index contributed by atoms with van der Waals surface area (Å²) < 4.78 is 12.2. The Morgan fingerprint density at radius 2 is 1.94 bits per heavy atom. The molecule has 3 aromatic rings. The maximum Gasteiger partial charge on any atom is 0.412 e. The SMILES string of the molecule is COc1ccc(NC(=O)NCc2ccc(-n3cccn3)nc2)cc1NC(=O)OC(C)(C)C. The van der Waals surface area contributed by atoms with Gasteiger partial charge in [0.2, 0.25) is 0 Å². The zero-order valence-electron chi connectivity index (χ0n) is 18.4. The fourth-order valence-corrected chi connectivity index (χ4v) is 2.72. The van der Waals surface area contributed by atoms with Gasteiger partial charge in [-0.15, -0.1) is 0 Å². The van der Waals surface area contributed by atoms with Crippen molar-refractivity contribution in [1.29, 1.82) is 0 Å². The monoisotopic (exact) mass is 438 g/mol. The van der Waals surface area contributed by atoms with E-state index in [2.05, 4.69) is 26.0 Å². The Morgan fingerprint density at radius 1 is 1.12 bits per heavy atom. The lowest BCUT2D eigenvalue weighted by atomic mass is 10.2. The lowest BCUT2D eigenvalue weighted by molar-refractivity contribution is 0.0635. The van der Waals surface area contributed by atoms with E-state index in [0.717, 1.165) is 5.56 Å². The zero-order valence-corrected chi connectivity index (χ0v) is 18.4. The van der Waals surface area contributed by atoms with E-state index in [1.165, 1.54) is 7.11 Å². The molecule has 10 nitrogen and oxygen atoms in total. The standard InChI is InChI=1S/C22H26N6O4/c1-22(2,3)32-21(30)27-17-12-16(7-8-18(17)31-4)26-20(29)24-14-15-6-9-19(23-13-15)28-11-5-10-25-28/h5-13H,14H2,1-4H3,(H,27,30)(H2,24,26,29). The van der Waals surface area contributed by atoms with E-state index in [1.807, 2.05) is 18.2 Å². The van der Waals surface area contributed by atoms with Gasteiger partial charge in [-0.1, -0.05) is 6.07 Å². The summed E-state index contributed by atoms with van der Waals surface area (Å²) in [7, 11) is 1.49. The number of hydrogen-bond acceptors (Lipinski definition) is 6. The molecule has 3 amide bonds. The first-order chi connectivity index (χ1) is 15.2. The van der Waals surface area contributed by atoms with Gasteiger partial charge in [-0.3, -0.25) is 5.32 Å². The van der Waals surface area contributed by atoms with Crippen LogP contribution in [0.25, 0.3) is 5.82 Å². The fraction of sp³-hybridized carbons (Fsp3) is 0.273. The minimum absolute atomic E-state index is 0.289. The number of pyridine rings is 1. The summed E-state index contributed by atoms with van der Waals surface area (Å²) in [5.74, 6) is 1.12. The Morgan fingerprint density at radius 3 is 2.56 bits per heavy atom. The van der Waals surface area contributed by atoms with E-state index >= 15 is 0 Å². The minimum atomic E-state index is -0.640. The summed E-state index contributed by atoms with van der Waals surface area (Å²) >= 11 is 0. The number of nitrogens with zero attached hydrogens (tertiary/aromatic N) is 3. The average Bonchev–Trinajstić information content (AvgIpc) is 3.26. The van der Waals surface area contributed by atoms with Gasteiger partial charge in [0, 0.05) is 30.8 Å². The molecule has 2 heterocycles. The second kappa shape index (κ2) is 9.82. The highest BCUT2D eigenvalue weighted by Crippen LogP contribution is 2.28. The number of carbonyl (C=O) groups is 2. The van der Waals surface area contributed by atoms with Gasteiger partial charge in [-0.2, -0.15) is 5.10 Å². The van der Waals surface area contributed by atoms with Crippen molar-refractivity contribution in [3.63, 3.8) is 0 Å². The van der Waals surface area contributed by atoms with Crippen LogP contribution in [0.15, 0.2) is 55.0 Å². The highest BCUT2D eigenvalue weighted by Gasteiger charge is 2.18. The van der Waals surface area contributed by atoms with Crippen molar-refractivity contribution in [1.82, 2.24) is 20.1 Å². The third-order valence-electron chi connectivity index (χ3n) is 4.09. The largest absolute Gasteiger partial charge is 0.495 e. The number of benzene rings is 1. The molecule has 3 N–H and O–H groups in total. The number of urea groups is 1. The van der Waals surface area contributed by atoms with Crippen LogP contribution in [0, 0.1) is 0 Å². The summed E-state index contributed by atoms with van der Waals surface area (Å²) in [6, 6.07) is 9.98. The number of anilines is 2. The summed E-state index contributed by atoms with van der Waals surface area (Å²) in [5.41, 5.74) is 1.04. The first-order valence-electron chi connectivity index (χ1n) is 9.91. The van der Waals surface area contributed by atoms with E-state index in [0.29, 0.717) is 22.9 Å². The van der Waals surface area contributed by atoms with Crippen LogP contribution in [0.5, 0.6) is 5.75 Å².